The number of rotatable bonds is 4. The minimum atomic E-state index is -0.292. The van der Waals surface area contributed by atoms with Crippen LogP contribution in [-0.4, -0.2) is 37.1 Å². The molecular formula is C13H17FN2O2. The summed E-state index contributed by atoms with van der Waals surface area (Å²) in [4.78, 5) is 13.6. The van der Waals surface area contributed by atoms with Gasteiger partial charge < -0.3 is 15.4 Å². The number of methoxy groups -OCH3 is 1. The van der Waals surface area contributed by atoms with Crippen LogP contribution >= 0.6 is 0 Å². The maximum Gasteiger partial charge on any atom is 0.224 e. The molecule has 0 saturated carbocycles. The zero-order valence-corrected chi connectivity index (χ0v) is 10.3. The molecule has 18 heavy (non-hydrogen) atoms. The van der Waals surface area contributed by atoms with Crippen LogP contribution in [0.2, 0.25) is 0 Å². The summed E-state index contributed by atoms with van der Waals surface area (Å²) in [6, 6.07) is 5.70. The molecule has 1 aliphatic heterocycles. The van der Waals surface area contributed by atoms with E-state index in [1.54, 1.807) is 24.1 Å². The van der Waals surface area contributed by atoms with Crippen LogP contribution in [0.25, 0.3) is 0 Å². The molecule has 0 aliphatic carbocycles. The normalized spacial score (nSPS) is 23.7. The quantitative estimate of drug-likeness (QED) is 0.872. The van der Waals surface area contributed by atoms with Gasteiger partial charge in [-0.05, 0) is 17.7 Å². The summed E-state index contributed by atoms with van der Waals surface area (Å²) >= 11 is 0. The number of nitrogens with two attached hydrogens (primary N) is 1. The van der Waals surface area contributed by atoms with Gasteiger partial charge in [-0.25, -0.2) is 4.39 Å². The molecule has 1 fully saturated rings. The third kappa shape index (κ3) is 2.52. The predicted octanol–water partition coefficient (Wildman–Crippen LogP) is 1.07. The molecule has 1 aromatic carbocycles. The van der Waals surface area contributed by atoms with Crippen molar-refractivity contribution in [2.24, 2.45) is 5.73 Å². The zero-order chi connectivity index (χ0) is 13.1. The molecule has 2 N–H and O–H groups in total. The molecule has 0 aromatic heterocycles. The summed E-state index contributed by atoms with van der Waals surface area (Å²) in [7, 11) is 1.59. The Morgan fingerprint density at radius 1 is 1.44 bits per heavy atom. The van der Waals surface area contributed by atoms with Crippen molar-refractivity contribution in [2.75, 3.05) is 20.3 Å². The number of hydrogen-bond donors (Lipinski definition) is 1. The van der Waals surface area contributed by atoms with Crippen LogP contribution in [0.5, 0.6) is 0 Å². The average molecular weight is 252 g/mol. The van der Waals surface area contributed by atoms with Crippen molar-refractivity contribution in [1.82, 2.24) is 4.90 Å². The third-order valence-corrected chi connectivity index (χ3v) is 3.22. The van der Waals surface area contributed by atoms with Crippen LogP contribution < -0.4 is 5.73 Å². The Kier molecular flexibility index (Phi) is 3.93. The van der Waals surface area contributed by atoms with E-state index in [0.717, 1.165) is 5.56 Å². The monoisotopic (exact) mass is 252 g/mol. The number of likely N-dealkylation sites (tertiary alicyclic amines) is 1. The summed E-state index contributed by atoms with van der Waals surface area (Å²) < 4.78 is 17.9. The molecule has 98 valence electrons. The lowest BCUT2D eigenvalue weighted by molar-refractivity contribution is -0.129. The summed E-state index contributed by atoms with van der Waals surface area (Å²) in [6.45, 7) is 0.973. The van der Waals surface area contributed by atoms with Crippen LogP contribution in [-0.2, 0) is 9.53 Å². The number of carbonyl (C=O) groups excluding carboxylic acids is 1. The first kappa shape index (κ1) is 13.0. The molecule has 4 nitrogen and oxygen atoms in total. The van der Waals surface area contributed by atoms with Crippen LogP contribution in [0.3, 0.4) is 0 Å². The molecule has 2 unspecified atom stereocenters. The lowest BCUT2D eigenvalue weighted by Crippen LogP contribution is -2.35. The highest BCUT2D eigenvalue weighted by Crippen LogP contribution is 2.31. The van der Waals surface area contributed by atoms with Crippen LogP contribution in [0.15, 0.2) is 24.3 Å². The van der Waals surface area contributed by atoms with E-state index in [1.807, 2.05) is 0 Å². The fraction of sp³-hybridized carbons (Fsp3) is 0.462. The molecule has 2 atom stereocenters. The van der Waals surface area contributed by atoms with Gasteiger partial charge in [0.2, 0.25) is 5.91 Å². The van der Waals surface area contributed by atoms with E-state index >= 15 is 0 Å². The Bertz CT molecular complexity index is 422. The minimum absolute atomic E-state index is 0.0221. The Hall–Kier alpha value is -1.46. The highest BCUT2D eigenvalue weighted by molar-refractivity contribution is 5.80. The first-order valence-electron chi connectivity index (χ1n) is 5.93. The second-order valence-electron chi connectivity index (χ2n) is 4.44. The summed E-state index contributed by atoms with van der Waals surface area (Å²) in [5.74, 6) is -0.269. The van der Waals surface area contributed by atoms with Gasteiger partial charge in [-0.1, -0.05) is 12.1 Å². The number of amides is 1. The highest BCUT2D eigenvalue weighted by Gasteiger charge is 2.38. The van der Waals surface area contributed by atoms with Gasteiger partial charge in [0, 0.05) is 26.1 Å². The Morgan fingerprint density at radius 3 is 2.72 bits per heavy atom. The fourth-order valence-electron chi connectivity index (χ4n) is 2.36. The molecule has 1 saturated heterocycles. The lowest BCUT2D eigenvalue weighted by Gasteiger charge is -2.27. The van der Waals surface area contributed by atoms with Gasteiger partial charge in [0.1, 0.15) is 5.82 Å². The van der Waals surface area contributed by atoms with Gasteiger partial charge in [-0.2, -0.15) is 0 Å². The number of halogens is 1. The van der Waals surface area contributed by atoms with Crippen molar-refractivity contribution in [3.8, 4) is 0 Å². The fourth-order valence-corrected chi connectivity index (χ4v) is 2.36. The lowest BCUT2D eigenvalue weighted by atomic mass is 10.0. The third-order valence-electron chi connectivity index (χ3n) is 3.22. The van der Waals surface area contributed by atoms with E-state index in [2.05, 4.69) is 0 Å². The number of nitrogens with zero attached hydrogens (tertiary/aromatic N) is 1. The molecule has 1 amide bonds. The SMILES string of the molecule is COCCN1C(=O)CC(N)C1c1ccc(F)cc1. The second-order valence-corrected chi connectivity index (χ2v) is 4.44. The van der Waals surface area contributed by atoms with E-state index in [-0.39, 0.29) is 23.8 Å². The van der Waals surface area contributed by atoms with Gasteiger partial charge in [-0.15, -0.1) is 0 Å². The second kappa shape index (κ2) is 5.46. The van der Waals surface area contributed by atoms with Gasteiger partial charge >= 0.3 is 0 Å². The van der Waals surface area contributed by atoms with E-state index in [9.17, 15) is 9.18 Å². The predicted molar refractivity (Wildman–Crippen MR) is 65.3 cm³/mol. The Balaban J connectivity index is 2.22. The number of ether oxygens (including phenoxy) is 1. The van der Waals surface area contributed by atoms with Crippen LogP contribution in [0, 0.1) is 5.82 Å². The molecule has 0 spiro atoms. The first-order chi connectivity index (χ1) is 8.63. The molecule has 5 heteroatoms. The van der Waals surface area contributed by atoms with Gasteiger partial charge in [0.25, 0.3) is 0 Å². The van der Waals surface area contributed by atoms with E-state index < -0.39 is 0 Å². The maximum absolute atomic E-state index is 12.9. The number of carbonyl (C=O) groups is 1. The molecule has 1 heterocycles. The molecular weight excluding hydrogens is 235 g/mol. The van der Waals surface area contributed by atoms with E-state index in [4.69, 9.17) is 10.5 Å². The van der Waals surface area contributed by atoms with Crippen LogP contribution in [0.4, 0.5) is 4.39 Å². The minimum Gasteiger partial charge on any atom is -0.383 e. The summed E-state index contributed by atoms with van der Waals surface area (Å²) in [5, 5.41) is 0. The van der Waals surface area contributed by atoms with Gasteiger partial charge in [0.05, 0.1) is 12.6 Å². The Labute approximate surface area is 106 Å². The average Bonchev–Trinajstić information content (AvgIpc) is 2.62. The largest absolute Gasteiger partial charge is 0.383 e. The van der Waals surface area contributed by atoms with Crippen molar-refractivity contribution >= 4 is 5.91 Å². The van der Waals surface area contributed by atoms with Crippen molar-refractivity contribution in [3.05, 3.63) is 35.6 Å². The van der Waals surface area contributed by atoms with Crippen LogP contribution in [0.1, 0.15) is 18.0 Å². The Morgan fingerprint density at radius 2 is 2.11 bits per heavy atom. The van der Waals surface area contributed by atoms with Crippen molar-refractivity contribution in [1.29, 1.82) is 0 Å². The standard InChI is InChI=1S/C13H17FN2O2/c1-18-7-6-16-12(17)8-11(15)13(16)9-2-4-10(14)5-3-9/h2-5,11,13H,6-8,15H2,1H3. The number of benzene rings is 1. The molecule has 1 aromatic rings. The molecule has 0 bridgehead atoms. The highest BCUT2D eigenvalue weighted by atomic mass is 19.1. The van der Waals surface area contributed by atoms with Crippen molar-refractivity contribution in [3.63, 3.8) is 0 Å². The number of hydrogen-bond acceptors (Lipinski definition) is 3. The topological polar surface area (TPSA) is 55.6 Å². The zero-order valence-electron chi connectivity index (χ0n) is 10.3. The first-order valence-corrected chi connectivity index (χ1v) is 5.93. The summed E-state index contributed by atoms with van der Waals surface area (Å²) in [5.41, 5.74) is 6.87. The van der Waals surface area contributed by atoms with Gasteiger partial charge in [0.15, 0.2) is 0 Å². The molecule has 0 radical (unpaired) electrons. The van der Waals surface area contributed by atoms with Crippen molar-refractivity contribution < 1.29 is 13.9 Å². The van der Waals surface area contributed by atoms with Gasteiger partial charge in [-0.3, -0.25) is 4.79 Å². The summed E-state index contributed by atoms with van der Waals surface area (Å²) in [6.07, 6.45) is 0.325. The van der Waals surface area contributed by atoms with Crippen molar-refractivity contribution in [2.45, 2.75) is 18.5 Å². The maximum atomic E-state index is 12.9. The van der Waals surface area contributed by atoms with E-state index in [1.165, 1.54) is 12.1 Å². The molecule has 2 rings (SSSR count). The smallest absolute Gasteiger partial charge is 0.224 e. The molecule has 1 aliphatic rings. The van der Waals surface area contributed by atoms with E-state index in [0.29, 0.717) is 19.6 Å².